The molecule has 0 radical (unpaired) electrons. The van der Waals surface area contributed by atoms with Crippen molar-refractivity contribution in [2.45, 2.75) is 11.2 Å². The molecule has 2 heterocycles. The number of benzene rings is 2. The van der Waals surface area contributed by atoms with E-state index in [1.807, 2.05) is 40.9 Å². The molecule has 1 fully saturated rings. The number of carbonyl (C=O) groups is 2. The van der Waals surface area contributed by atoms with Gasteiger partial charge in [-0.15, -0.1) is 0 Å². The highest BCUT2D eigenvalue weighted by Crippen LogP contribution is 2.27. The van der Waals surface area contributed by atoms with Gasteiger partial charge in [0.2, 0.25) is 5.91 Å². The lowest BCUT2D eigenvalue weighted by Gasteiger charge is -2.40. The molecule has 7 nitrogen and oxygen atoms in total. The number of hydrogen-bond donors (Lipinski definition) is 1. The van der Waals surface area contributed by atoms with E-state index in [2.05, 4.69) is 34.4 Å². The Labute approximate surface area is 192 Å². The van der Waals surface area contributed by atoms with Crippen molar-refractivity contribution in [1.82, 2.24) is 19.4 Å². The molecule has 0 unspecified atom stereocenters. The minimum absolute atomic E-state index is 0.00941. The zero-order chi connectivity index (χ0) is 22.5. The van der Waals surface area contributed by atoms with Gasteiger partial charge in [0, 0.05) is 50.3 Å². The molecule has 0 saturated carbocycles. The molecule has 0 bridgehead atoms. The molecule has 0 spiro atoms. The van der Waals surface area contributed by atoms with Crippen molar-refractivity contribution in [2.24, 2.45) is 7.05 Å². The molecule has 1 atom stereocenters. The second-order valence-electron chi connectivity index (χ2n) is 7.92. The van der Waals surface area contributed by atoms with E-state index in [-0.39, 0.29) is 23.6 Å². The SMILES string of the molecule is CN1CCN(C(=O)c2ccc(NC(=O)CSc3nccn3C)cc2)[C@H](c2ccccc2)C1. The van der Waals surface area contributed by atoms with Crippen LogP contribution in [0.25, 0.3) is 0 Å². The van der Waals surface area contributed by atoms with E-state index in [0.717, 1.165) is 23.8 Å². The van der Waals surface area contributed by atoms with E-state index in [1.54, 1.807) is 30.5 Å². The summed E-state index contributed by atoms with van der Waals surface area (Å²) in [5, 5.41) is 3.67. The Balaban J connectivity index is 1.39. The summed E-state index contributed by atoms with van der Waals surface area (Å²) in [5.41, 5.74) is 2.43. The van der Waals surface area contributed by atoms with E-state index in [9.17, 15) is 9.59 Å². The first kappa shape index (κ1) is 22.1. The molecule has 32 heavy (non-hydrogen) atoms. The summed E-state index contributed by atoms with van der Waals surface area (Å²) >= 11 is 1.38. The van der Waals surface area contributed by atoms with Crippen molar-refractivity contribution in [3.63, 3.8) is 0 Å². The summed E-state index contributed by atoms with van der Waals surface area (Å²) < 4.78 is 1.87. The number of carbonyl (C=O) groups excluding carboxylic acids is 2. The van der Waals surface area contributed by atoms with Crippen LogP contribution in [0.4, 0.5) is 5.69 Å². The first-order valence-corrected chi connectivity index (χ1v) is 11.5. The van der Waals surface area contributed by atoms with E-state index in [1.165, 1.54) is 11.8 Å². The molecule has 1 saturated heterocycles. The molecule has 166 valence electrons. The molecule has 1 aromatic heterocycles. The number of imidazole rings is 1. The average Bonchev–Trinajstić information content (AvgIpc) is 3.23. The van der Waals surface area contributed by atoms with Crippen molar-refractivity contribution in [3.8, 4) is 0 Å². The standard InChI is InChI=1S/C24H27N5O2S/c1-27-14-15-29(21(16-27)18-6-4-3-5-7-18)23(31)19-8-10-20(11-9-19)26-22(30)17-32-24-25-12-13-28(24)2/h3-13,21H,14-17H2,1-2H3,(H,26,30)/t21-/m0/s1. The number of nitrogens with one attached hydrogen (secondary N) is 1. The van der Waals surface area contributed by atoms with Gasteiger partial charge in [-0.25, -0.2) is 4.98 Å². The van der Waals surface area contributed by atoms with Gasteiger partial charge in [-0.3, -0.25) is 9.59 Å². The number of amides is 2. The Bertz CT molecular complexity index is 1070. The predicted octanol–water partition coefficient (Wildman–Crippen LogP) is 3.28. The van der Waals surface area contributed by atoms with Crippen LogP contribution >= 0.6 is 11.8 Å². The van der Waals surface area contributed by atoms with Crippen molar-refractivity contribution < 1.29 is 9.59 Å². The Hall–Kier alpha value is -3.10. The highest BCUT2D eigenvalue weighted by Gasteiger charge is 2.30. The van der Waals surface area contributed by atoms with E-state index < -0.39 is 0 Å². The second kappa shape index (κ2) is 10.0. The molecule has 4 rings (SSSR count). The van der Waals surface area contributed by atoms with Crippen molar-refractivity contribution in [3.05, 3.63) is 78.1 Å². The van der Waals surface area contributed by atoms with Crippen LogP contribution in [-0.2, 0) is 11.8 Å². The van der Waals surface area contributed by atoms with Gasteiger partial charge in [0.05, 0.1) is 11.8 Å². The summed E-state index contributed by atoms with van der Waals surface area (Å²) in [7, 11) is 3.98. The highest BCUT2D eigenvalue weighted by atomic mass is 32.2. The van der Waals surface area contributed by atoms with Crippen molar-refractivity contribution in [1.29, 1.82) is 0 Å². The number of likely N-dealkylation sites (N-methyl/N-ethyl adjacent to an activating group) is 1. The number of hydrogen-bond acceptors (Lipinski definition) is 5. The van der Waals surface area contributed by atoms with Gasteiger partial charge in [-0.1, -0.05) is 42.1 Å². The molecular weight excluding hydrogens is 422 g/mol. The van der Waals surface area contributed by atoms with E-state index >= 15 is 0 Å². The van der Waals surface area contributed by atoms with Gasteiger partial charge in [-0.2, -0.15) is 0 Å². The quantitative estimate of drug-likeness (QED) is 0.585. The average molecular weight is 450 g/mol. The van der Waals surface area contributed by atoms with Crippen LogP contribution in [0, 0.1) is 0 Å². The van der Waals surface area contributed by atoms with Crippen LogP contribution in [-0.4, -0.2) is 63.6 Å². The van der Waals surface area contributed by atoms with Gasteiger partial charge in [0.25, 0.3) is 5.91 Å². The van der Waals surface area contributed by atoms with Crippen LogP contribution in [0.1, 0.15) is 22.0 Å². The van der Waals surface area contributed by atoms with Crippen molar-refractivity contribution >= 4 is 29.3 Å². The third-order valence-electron chi connectivity index (χ3n) is 5.55. The summed E-state index contributed by atoms with van der Waals surface area (Å²) in [6.07, 6.45) is 3.55. The lowest BCUT2D eigenvalue weighted by Crippen LogP contribution is -2.49. The molecule has 3 aromatic rings. The number of thioether (sulfide) groups is 1. The lowest BCUT2D eigenvalue weighted by atomic mass is 10.0. The minimum atomic E-state index is -0.111. The summed E-state index contributed by atoms with van der Waals surface area (Å²) in [6, 6.07) is 17.3. The molecule has 0 aliphatic carbocycles. The van der Waals surface area contributed by atoms with E-state index in [0.29, 0.717) is 17.8 Å². The minimum Gasteiger partial charge on any atom is -0.329 e. The predicted molar refractivity (Wildman–Crippen MR) is 127 cm³/mol. The smallest absolute Gasteiger partial charge is 0.254 e. The molecule has 1 aliphatic rings. The monoisotopic (exact) mass is 449 g/mol. The Morgan fingerprint density at radius 1 is 1.06 bits per heavy atom. The van der Waals surface area contributed by atoms with Crippen LogP contribution in [0.15, 0.2) is 72.1 Å². The molecule has 8 heteroatoms. The van der Waals surface area contributed by atoms with Gasteiger partial charge >= 0.3 is 0 Å². The number of nitrogens with zero attached hydrogens (tertiary/aromatic N) is 4. The molecule has 2 aromatic carbocycles. The van der Waals surface area contributed by atoms with Crippen LogP contribution < -0.4 is 5.32 Å². The third-order valence-corrected chi connectivity index (χ3v) is 6.61. The number of piperazine rings is 1. The Kier molecular flexibility index (Phi) is 6.92. The van der Waals surface area contributed by atoms with Gasteiger partial charge in [0.1, 0.15) is 0 Å². The first-order valence-electron chi connectivity index (χ1n) is 10.6. The lowest BCUT2D eigenvalue weighted by molar-refractivity contribution is -0.113. The number of rotatable bonds is 6. The summed E-state index contributed by atoms with van der Waals surface area (Å²) in [5.74, 6) is 0.168. The van der Waals surface area contributed by atoms with E-state index in [4.69, 9.17) is 0 Å². The maximum atomic E-state index is 13.3. The first-order chi connectivity index (χ1) is 15.5. The van der Waals surface area contributed by atoms with Crippen molar-refractivity contribution in [2.75, 3.05) is 37.8 Å². The van der Waals surface area contributed by atoms with Crippen LogP contribution in [0.3, 0.4) is 0 Å². The van der Waals surface area contributed by atoms with Gasteiger partial charge in [-0.05, 0) is 36.9 Å². The van der Waals surface area contributed by atoms with Gasteiger partial charge < -0.3 is 19.7 Å². The summed E-state index contributed by atoms with van der Waals surface area (Å²) in [6.45, 7) is 2.33. The third kappa shape index (κ3) is 5.20. The van der Waals surface area contributed by atoms with Gasteiger partial charge in [0.15, 0.2) is 5.16 Å². The van der Waals surface area contributed by atoms with Crippen LogP contribution in [0.5, 0.6) is 0 Å². The topological polar surface area (TPSA) is 70.5 Å². The maximum absolute atomic E-state index is 13.3. The molecule has 1 N–H and O–H groups in total. The maximum Gasteiger partial charge on any atom is 0.254 e. The normalized spacial score (nSPS) is 16.7. The number of anilines is 1. The highest BCUT2D eigenvalue weighted by molar-refractivity contribution is 7.99. The number of aryl methyl sites for hydroxylation is 1. The van der Waals surface area contributed by atoms with Crippen LogP contribution in [0.2, 0.25) is 0 Å². The Morgan fingerprint density at radius 3 is 2.50 bits per heavy atom. The Morgan fingerprint density at radius 2 is 1.81 bits per heavy atom. The summed E-state index contributed by atoms with van der Waals surface area (Å²) in [4.78, 5) is 34.0. The fourth-order valence-corrected chi connectivity index (χ4v) is 4.54. The molecule has 1 aliphatic heterocycles. The zero-order valence-corrected chi connectivity index (χ0v) is 19.1. The fraction of sp³-hybridized carbons (Fsp3) is 0.292. The molecule has 2 amide bonds. The number of aromatic nitrogens is 2. The fourth-order valence-electron chi connectivity index (χ4n) is 3.80. The second-order valence-corrected chi connectivity index (χ2v) is 8.86. The largest absolute Gasteiger partial charge is 0.329 e. The zero-order valence-electron chi connectivity index (χ0n) is 18.3. The molecular formula is C24H27N5O2S.